The van der Waals surface area contributed by atoms with E-state index in [9.17, 15) is 4.79 Å². The van der Waals surface area contributed by atoms with E-state index in [-0.39, 0.29) is 11.4 Å². The topological polar surface area (TPSA) is 83.2 Å². The van der Waals surface area contributed by atoms with Gasteiger partial charge in [0.25, 0.3) is 0 Å². The van der Waals surface area contributed by atoms with Crippen molar-refractivity contribution in [2.75, 3.05) is 0 Å². The van der Waals surface area contributed by atoms with Gasteiger partial charge in [-0.3, -0.25) is 0 Å². The Morgan fingerprint density at radius 1 is 1.37 bits per heavy atom. The lowest BCUT2D eigenvalue weighted by molar-refractivity contribution is 0.0696. The number of pyridine rings is 1. The van der Waals surface area contributed by atoms with E-state index in [1.165, 1.54) is 12.1 Å². The fourth-order valence-electron chi connectivity index (χ4n) is 1.56. The molecule has 2 rings (SSSR count). The number of nitrogens with zero attached hydrogens (tertiary/aromatic N) is 2. The van der Waals surface area contributed by atoms with Gasteiger partial charge in [0.15, 0.2) is 0 Å². The number of aryl methyl sites for hydroxylation is 1. The Labute approximate surface area is 109 Å². The molecule has 0 atom stereocenters. The molecule has 0 saturated carbocycles. The lowest BCUT2D eigenvalue weighted by atomic mass is 10.2. The third kappa shape index (κ3) is 3.07. The molecule has 0 radical (unpaired) electrons. The fourth-order valence-corrected chi connectivity index (χ4v) is 1.56. The normalized spacial score (nSPS) is 9.68. The van der Waals surface area contributed by atoms with Crippen LogP contribution in [0, 0.1) is 18.3 Å². The van der Waals surface area contributed by atoms with E-state index in [0.717, 1.165) is 0 Å². The molecule has 1 heterocycles. The van der Waals surface area contributed by atoms with Crippen molar-refractivity contribution in [3.05, 3.63) is 53.2 Å². The molecule has 0 aliphatic rings. The summed E-state index contributed by atoms with van der Waals surface area (Å²) >= 11 is 0. The van der Waals surface area contributed by atoms with Crippen LogP contribution in [0.5, 0.6) is 11.6 Å². The predicted octanol–water partition coefficient (Wildman–Crippen LogP) is 2.75. The lowest BCUT2D eigenvalue weighted by Gasteiger charge is -2.06. The van der Waals surface area contributed by atoms with Gasteiger partial charge in [0.2, 0.25) is 5.88 Å². The first kappa shape index (κ1) is 12.6. The monoisotopic (exact) mass is 254 g/mol. The quantitative estimate of drug-likeness (QED) is 0.910. The van der Waals surface area contributed by atoms with Crippen LogP contribution in [0.1, 0.15) is 21.6 Å². The predicted molar refractivity (Wildman–Crippen MR) is 67.2 cm³/mol. The first-order valence-electron chi connectivity index (χ1n) is 5.48. The SMILES string of the molecule is Cc1cc(C(=O)O)cc(Oc2cccc(C#N)c2)n1. The summed E-state index contributed by atoms with van der Waals surface area (Å²) in [5.74, 6) is -0.415. The highest BCUT2D eigenvalue weighted by atomic mass is 16.5. The zero-order chi connectivity index (χ0) is 13.8. The van der Waals surface area contributed by atoms with Gasteiger partial charge >= 0.3 is 5.97 Å². The van der Waals surface area contributed by atoms with Gasteiger partial charge in [0, 0.05) is 11.8 Å². The second-order valence-electron chi connectivity index (χ2n) is 3.88. The minimum absolute atomic E-state index is 0.110. The van der Waals surface area contributed by atoms with Crippen LogP contribution >= 0.6 is 0 Å². The molecule has 5 heteroatoms. The molecular formula is C14H10N2O3. The van der Waals surface area contributed by atoms with Crippen molar-refractivity contribution in [1.82, 2.24) is 4.98 Å². The van der Waals surface area contributed by atoms with Gasteiger partial charge in [-0.2, -0.15) is 5.26 Å². The highest BCUT2D eigenvalue weighted by Gasteiger charge is 2.08. The highest BCUT2D eigenvalue weighted by Crippen LogP contribution is 2.22. The molecule has 0 spiro atoms. The summed E-state index contributed by atoms with van der Waals surface area (Å²) in [6.45, 7) is 1.69. The smallest absolute Gasteiger partial charge is 0.335 e. The van der Waals surface area contributed by atoms with Crippen molar-refractivity contribution in [2.24, 2.45) is 0 Å². The highest BCUT2D eigenvalue weighted by molar-refractivity contribution is 5.88. The average molecular weight is 254 g/mol. The maximum absolute atomic E-state index is 10.9. The minimum atomic E-state index is -1.04. The van der Waals surface area contributed by atoms with Gasteiger partial charge in [-0.25, -0.2) is 9.78 Å². The standard InChI is InChI=1S/C14H10N2O3/c1-9-5-11(14(17)18)7-13(16-9)19-12-4-2-3-10(6-12)8-15/h2-7H,1H3,(H,17,18). The van der Waals surface area contributed by atoms with Gasteiger partial charge < -0.3 is 9.84 Å². The second-order valence-corrected chi connectivity index (χ2v) is 3.88. The Kier molecular flexibility index (Phi) is 3.44. The van der Waals surface area contributed by atoms with E-state index in [2.05, 4.69) is 4.98 Å². The largest absolute Gasteiger partial charge is 0.478 e. The molecule has 0 unspecified atom stereocenters. The number of benzene rings is 1. The molecule has 0 bridgehead atoms. The van der Waals surface area contributed by atoms with Crippen molar-refractivity contribution in [1.29, 1.82) is 5.26 Å². The lowest BCUT2D eigenvalue weighted by Crippen LogP contribution is -2.00. The number of nitriles is 1. The Bertz CT molecular complexity index is 675. The summed E-state index contributed by atoms with van der Waals surface area (Å²) in [4.78, 5) is 15.0. The molecule has 0 fully saturated rings. The summed E-state index contributed by atoms with van der Waals surface area (Å²) in [5.41, 5.74) is 1.12. The van der Waals surface area contributed by atoms with E-state index >= 15 is 0 Å². The van der Waals surface area contributed by atoms with E-state index < -0.39 is 5.97 Å². The van der Waals surface area contributed by atoms with Gasteiger partial charge in [-0.15, -0.1) is 0 Å². The summed E-state index contributed by atoms with van der Waals surface area (Å²) in [6, 6.07) is 11.4. The zero-order valence-electron chi connectivity index (χ0n) is 10.1. The van der Waals surface area contributed by atoms with Crippen LogP contribution in [0.2, 0.25) is 0 Å². The molecule has 1 aromatic heterocycles. The molecule has 5 nitrogen and oxygen atoms in total. The third-order valence-corrected chi connectivity index (χ3v) is 2.36. The number of ether oxygens (including phenoxy) is 1. The van der Waals surface area contributed by atoms with Crippen LogP contribution in [0.15, 0.2) is 36.4 Å². The van der Waals surface area contributed by atoms with Crippen LogP contribution < -0.4 is 4.74 Å². The molecule has 0 aliphatic carbocycles. The second kappa shape index (κ2) is 5.19. The van der Waals surface area contributed by atoms with Crippen LogP contribution in [0.3, 0.4) is 0 Å². The number of carboxylic acid groups (broad SMARTS) is 1. The number of rotatable bonds is 3. The van der Waals surface area contributed by atoms with Gasteiger partial charge in [-0.1, -0.05) is 6.07 Å². The Morgan fingerprint density at radius 3 is 2.84 bits per heavy atom. The van der Waals surface area contributed by atoms with Crippen molar-refractivity contribution in [3.63, 3.8) is 0 Å². The minimum Gasteiger partial charge on any atom is -0.478 e. The molecular weight excluding hydrogens is 244 g/mol. The molecule has 1 aromatic carbocycles. The third-order valence-electron chi connectivity index (χ3n) is 2.36. The van der Waals surface area contributed by atoms with E-state index in [4.69, 9.17) is 15.1 Å². The van der Waals surface area contributed by atoms with E-state index in [1.807, 2.05) is 6.07 Å². The van der Waals surface area contributed by atoms with Gasteiger partial charge in [-0.05, 0) is 31.2 Å². The van der Waals surface area contributed by atoms with Gasteiger partial charge in [0.05, 0.1) is 17.2 Å². The molecule has 94 valence electrons. The summed E-state index contributed by atoms with van der Waals surface area (Å²) in [5, 5.41) is 17.7. The van der Waals surface area contributed by atoms with Crippen LogP contribution in [0.25, 0.3) is 0 Å². The zero-order valence-corrected chi connectivity index (χ0v) is 10.1. The molecule has 0 amide bonds. The molecule has 1 N–H and O–H groups in total. The molecule has 2 aromatic rings. The Balaban J connectivity index is 2.33. The first-order chi connectivity index (χ1) is 9.08. The molecule has 0 saturated heterocycles. The van der Waals surface area contributed by atoms with Crippen molar-refractivity contribution < 1.29 is 14.6 Å². The maximum atomic E-state index is 10.9. The maximum Gasteiger partial charge on any atom is 0.335 e. The average Bonchev–Trinajstić information content (AvgIpc) is 2.38. The molecule has 0 aliphatic heterocycles. The van der Waals surface area contributed by atoms with Crippen molar-refractivity contribution >= 4 is 5.97 Å². The number of aromatic nitrogens is 1. The van der Waals surface area contributed by atoms with Crippen LogP contribution in [0.4, 0.5) is 0 Å². The van der Waals surface area contributed by atoms with Crippen LogP contribution in [-0.4, -0.2) is 16.1 Å². The Hall–Kier alpha value is -2.87. The first-order valence-corrected chi connectivity index (χ1v) is 5.48. The van der Waals surface area contributed by atoms with E-state index in [0.29, 0.717) is 17.0 Å². The summed E-state index contributed by atoms with van der Waals surface area (Å²) in [6.07, 6.45) is 0. The van der Waals surface area contributed by atoms with Crippen molar-refractivity contribution in [3.8, 4) is 17.7 Å². The summed E-state index contributed by atoms with van der Waals surface area (Å²) in [7, 11) is 0. The molecule has 19 heavy (non-hydrogen) atoms. The summed E-state index contributed by atoms with van der Waals surface area (Å²) < 4.78 is 5.47. The number of carbonyl (C=O) groups is 1. The Morgan fingerprint density at radius 2 is 2.16 bits per heavy atom. The van der Waals surface area contributed by atoms with E-state index in [1.54, 1.807) is 31.2 Å². The fraction of sp³-hybridized carbons (Fsp3) is 0.0714. The van der Waals surface area contributed by atoms with Gasteiger partial charge in [0.1, 0.15) is 5.75 Å². The van der Waals surface area contributed by atoms with Crippen molar-refractivity contribution in [2.45, 2.75) is 6.92 Å². The van der Waals surface area contributed by atoms with Crippen LogP contribution in [-0.2, 0) is 0 Å². The number of aromatic carboxylic acids is 1. The number of hydrogen-bond donors (Lipinski definition) is 1. The number of carboxylic acids is 1. The number of hydrogen-bond acceptors (Lipinski definition) is 4.